The Morgan fingerprint density at radius 3 is 2.48 bits per heavy atom. The number of halogens is 1. The molecule has 2 aromatic carbocycles. The average molecular weight is 364 g/mol. The van der Waals surface area contributed by atoms with Gasteiger partial charge in [0.1, 0.15) is 5.82 Å². The third kappa shape index (κ3) is 7.03. The highest BCUT2D eigenvalue weighted by molar-refractivity contribution is 7.89. The number of carbonyl (C=O) groups excluding carboxylic acids is 1. The molecule has 1 unspecified atom stereocenters. The van der Waals surface area contributed by atoms with E-state index in [-0.39, 0.29) is 24.2 Å². The van der Waals surface area contributed by atoms with Crippen LogP contribution in [0.15, 0.2) is 54.6 Å². The van der Waals surface area contributed by atoms with Gasteiger partial charge in [0.05, 0.1) is 11.8 Å². The number of amides is 1. The number of hydrogen-bond donors (Lipinski definition) is 2. The molecule has 2 aromatic rings. The maximum absolute atomic E-state index is 13.3. The highest BCUT2D eigenvalue weighted by Gasteiger charge is 2.16. The summed E-state index contributed by atoms with van der Waals surface area (Å²) >= 11 is 0. The molecular formula is C18H21FN2O3S. The van der Waals surface area contributed by atoms with Crippen LogP contribution in [0.2, 0.25) is 0 Å². The molecule has 1 amide bonds. The van der Waals surface area contributed by atoms with Crippen molar-refractivity contribution in [3.05, 3.63) is 71.5 Å². The smallest absolute Gasteiger partial charge is 0.221 e. The van der Waals surface area contributed by atoms with Gasteiger partial charge in [-0.1, -0.05) is 42.5 Å². The Bertz CT molecular complexity index is 810. The molecule has 7 heteroatoms. The van der Waals surface area contributed by atoms with Gasteiger partial charge < -0.3 is 5.32 Å². The van der Waals surface area contributed by atoms with Gasteiger partial charge in [0, 0.05) is 6.42 Å². The second kappa shape index (κ2) is 8.73. The Hall–Kier alpha value is -2.25. The van der Waals surface area contributed by atoms with Crippen LogP contribution in [0.3, 0.4) is 0 Å². The lowest BCUT2D eigenvalue weighted by atomic mass is 9.98. The lowest BCUT2D eigenvalue weighted by Gasteiger charge is -2.19. The van der Waals surface area contributed by atoms with Gasteiger partial charge in [0.2, 0.25) is 15.9 Å². The first-order valence-electron chi connectivity index (χ1n) is 7.93. The Morgan fingerprint density at radius 2 is 1.84 bits per heavy atom. The summed E-state index contributed by atoms with van der Waals surface area (Å²) in [5.41, 5.74) is 1.74. The molecule has 0 aliphatic heterocycles. The molecule has 0 fully saturated rings. The van der Waals surface area contributed by atoms with Crippen molar-refractivity contribution in [1.82, 2.24) is 5.32 Å². The van der Waals surface area contributed by atoms with E-state index in [1.165, 1.54) is 12.1 Å². The number of nitrogens with one attached hydrogen (secondary N) is 1. The van der Waals surface area contributed by atoms with Crippen molar-refractivity contribution in [3.63, 3.8) is 0 Å². The van der Waals surface area contributed by atoms with Gasteiger partial charge in [-0.2, -0.15) is 0 Å². The van der Waals surface area contributed by atoms with E-state index in [0.29, 0.717) is 12.8 Å². The van der Waals surface area contributed by atoms with Crippen molar-refractivity contribution in [3.8, 4) is 0 Å². The van der Waals surface area contributed by atoms with Crippen LogP contribution in [-0.2, 0) is 21.2 Å². The highest BCUT2D eigenvalue weighted by Crippen LogP contribution is 2.20. The second-order valence-corrected chi connectivity index (χ2v) is 7.55. The summed E-state index contributed by atoms with van der Waals surface area (Å²) in [5, 5.41) is 7.77. The first-order chi connectivity index (χ1) is 11.8. The SMILES string of the molecule is NS(=O)(=O)CCC(=O)NC(CCc1cccc(F)c1)c1ccccc1. The molecule has 0 bridgehead atoms. The largest absolute Gasteiger partial charge is 0.349 e. The van der Waals surface area contributed by atoms with Crippen LogP contribution in [0.4, 0.5) is 4.39 Å². The quantitative estimate of drug-likeness (QED) is 0.753. The van der Waals surface area contributed by atoms with Crippen LogP contribution in [0.5, 0.6) is 0 Å². The third-order valence-electron chi connectivity index (χ3n) is 3.76. The van der Waals surface area contributed by atoms with Gasteiger partial charge in [0.25, 0.3) is 0 Å². The molecule has 0 radical (unpaired) electrons. The van der Waals surface area contributed by atoms with Gasteiger partial charge >= 0.3 is 0 Å². The summed E-state index contributed by atoms with van der Waals surface area (Å²) in [5.74, 6) is -1.09. The molecule has 0 spiro atoms. The maximum atomic E-state index is 13.3. The van der Waals surface area contributed by atoms with Gasteiger partial charge in [-0.3, -0.25) is 4.79 Å². The summed E-state index contributed by atoms with van der Waals surface area (Å²) in [6.07, 6.45) is 0.948. The molecule has 134 valence electrons. The number of nitrogens with two attached hydrogens (primary N) is 1. The zero-order chi connectivity index (χ0) is 18.3. The highest BCUT2D eigenvalue weighted by atomic mass is 32.2. The van der Waals surface area contributed by atoms with Gasteiger partial charge in [-0.15, -0.1) is 0 Å². The first-order valence-corrected chi connectivity index (χ1v) is 9.64. The summed E-state index contributed by atoms with van der Waals surface area (Å²) in [6.45, 7) is 0. The van der Waals surface area contributed by atoms with Gasteiger partial charge in [-0.25, -0.2) is 17.9 Å². The minimum absolute atomic E-state index is 0.192. The van der Waals surface area contributed by atoms with Crippen LogP contribution in [0.1, 0.15) is 30.0 Å². The van der Waals surface area contributed by atoms with Crippen molar-refractivity contribution >= 4 is 15.9 Å². The van der Waals surface area contributed by atoms with E-state index in [1.807, 2.05) is 36.4 Å². The number of rotatable bonds is 8. The Kier molecular flexibility index (Phi) is 6.66. The summed E-state index contributed by atoms with van der Waals surface area (Å²) in [6, 6.07) is 15.4. The fourth-order valence-electron chi connectivity index (χ4n) is 2.51. The molecule has 1 atom stereocenters. The maximum Gasteiger partial charge on any atom is 0.221 e. The van der Waals surface area contributed by atoms with E-state index < -0.39 is 15.8 Å². The van der Waals surface area contributed by atoms with E-state index >= 15 is 0 Å². The van der Waals surface area contributed by atoms with Crippen molar-refractivity contribution in [2.24, 2.45) is 5.14 Å². The minimum Gasteiger partial charge on any atom is -0.349 e. The number of sulfonamides is 1. The topological polar surface area (TPSA) is 89.3 Å². The first kappa shape index (κ1) is 19.1. The number of carbonyl (C=O) groups is 1. The lowest BCUT2D eigenvalue weighted by molar-refractivity contribution is -0.121. The van der Waals surface area contributed by atoms with E-state index in [1.54, 1.807) is 6.07 Å². The predicted octanol–water partition coefficient (Wildman–Crippen LogP) is 2.29. The molecule has 0 aromatic heterocycles. The average Bonchev–Trinajstić information content (AvgIpc) is 2.57. The van der Waals surface area contributed by atoms with Crippen LogP contribution in [0.25, 0.3) is 0 Å². The Balaban J connectivity index is 2.04. The third-order valence-corrected chi connectivity index (χ3v) is 4.53. The van der Waals surface area contributed by atoms with E-state index in [9.17, 15) is 17.6 Å². The predicted molar refractivity (Wildman–Crippen MR) is 94.6 cm³/mol. The van der Waals surface area contributed by atoms with Crippen LogP contribution >= 0.6 is 0 Å². The van der Waals surface area contributed by atoms with E-state index in [0.717, 1.165) is 11.1 Å². The van der Waals surface area contributed by atoms with Gasteiger partial charge in [-0.05, 0) is 36.1 Å². The molecule has 0 heterocycles. The van der Waals surface area contributed by atoms with Crippen molar-refractivity contribution in [2.75, 3.05) is 5.75 Å². The summed E-state index contributed by atoms with van der Waals surface area (Å²) in [7, 11) is -3.68. The van der Waals surface area contributed by atoms with Crippen molar-refractivity contribution in [1.29, 1.82) is 0 Å². The zero-order valence-electron chi connectivity index (χ0n) is 13.7. The fourth-order valence-corrected chi connectivity index (χ4v) is 2.98. The second-order valence-electron chi connectivity index (χ2n) is 5.82. The number of primary sulfonamides is 1. The summed E-state index contributed by atoms with van der Waals surface area (Å²) < 4.78 is 35.3. The molecule has 0 saturated heterocycles. The van der Waals surface area contributed by atoms with Crippen LogP contribution < -0.4 is 10.5 Å². The number of benzene rings is 2. The molecular weight excluding hydrogens is 343 g/mol. The molecule has 5 nitrogen and oxygen atoms in total. The molecule has 2 rings (SSSR count). The van der Waals surface area contributed by atoms with Crippen LogP contribution in [-0.4, -0.2) is 20.1 Å². The molecule has 25 heavy (non-hydrogen) atoms. The standard InChI is InChI=1S/C18H21FN2O3S/c19-16-8-4-5-14(13-16)9-10-17(15-6-2-1-3-7-15)21-18(22)11-12-25(20,23)24/h1-8,13,17H,9-12H2,(H,21,22)(H2,20,23,24). The normalized spacial score (nSPS) is 12.6. The van der Waals surface area contributed by atoms with Gasteiger partial charge in [0.15, 0.2) is 0 Å². The monoisotopic (exact) mass is 364 g/mol. The number of hydrogen-bond acceptors (Lipinski definition) is 3. The molecule has 0 saturated carbocycles. The molecule has 3 N–H and O–H groups in total. The fraction of sp³-hybridized carbons (Fsp3) is 0.278. The summed E-state index contributed by atoms with van der Waals surface area (Å²) in [4.78, 5) is 12.0. The van der Waals surface area contributed by atoms with E-state index in [2.05, 4.69) is 5.32 Å². The minimum atomic E-state index is -3.68. The Labute approximate surface area is 147 Å². The number of aryl methyl sites for hydroxylation is 1. The van der Waals surface area contributed by atoms with Crippen molar-refractivity contribution in [2.45, 2.75) is 25.3 Å². The Morgan fingerprint density at radius 1 is 1.12 bits per heavy atom. The van der Waals surface area contributed by atoms with Crippen molar-refractivity contribution < 1.29 is 17.6 Å². The van der Waals surface area contributed by atoms with E-state index in [4.69, 9.17) is 5.14 Å². The molecule has 0 aliphatic carbocycles. The zero-order valence-corrected chi connectivity index (χ0v) is 14.5. The lowest BCUT2D eigenvalue weighted by Crippen LogP contribution is -2.31. The molecule has 0 aliphatic rings. The van der Waals surface area contributed by atoms with Crippen LogP contribution in [0, 0.1) is 5.82 Å².